The zero-order chi connectivity index (χ0) is 20.0. The predicted molar refractivity (Wildman–Crippen MR) is 109 cm³/mol. The molecule has 2 atom stereocenters. The molecule has 0 aliphatic rings. The average Bonchev–Trinajstić information content (AvgIpc) is 3.32. The molecule has 0 aromatic carbocycles. The molecule has 8 heteroatoms. The fourth-order valence-electron chi connectivity index (χ4n) is 2.13. The highest BCUT2D eigenvalue weighted by molar-refractivity contribution is 7.14. The highest BCUT2D eigenvalue weighted by Gasteiger charge is 2.19. The Morgan fingerprint density at radius 2 is 2.00 bits per heavy atom. The van der Waals surface area contributed by atoms with Crippen LogP contribution in [0.15, 0.2) is 35.3 Å². The summed E-state index contributed by atoms with van der Waals surface area (Å²) in [4.78, 5) is 20.4. The lowest BCUT2D eigenvalue weighted by molar-refractivity contribution is -0.135. The van der Waals surface area contributed by atoms with Crippen LogP contribution in [0, 0.1) is 5.92 Å². The fourth-order valence-corrected chi connectivity index (χ4v) is 3.69. The van der Waals surface area contributed by atoms with Crippen LogP contribution in [0.4, 0.5) is 0 Å². The Morgan fingerprint density at radius 1 is 1.26 bits per heavy atom. The van der Waals surface area contributed by atoms with Crippen LogP contribution >= 0.6 is 22.7 Å². The highest BCUT2D eigenvalue weighted by atomic mass is 32.1. The predicted octanol–water partition coefficient (Wildman–Crippen LogP) is 4.01. The second-order valence-corrected chi connectivity index (χ2v) is 7.52. The zero-order valence-corrected chi connectivity index (χ0v) is 17.3. The maximum atomic E-state index is 11.4. The van der Waals surface area contributed by atoms with Gasteiger partial charge >= 0.3 is 5.97 Å². The maximum Gasteiger partial charge on any atom is 0.333 e. The van der Waals surface area contributed by atoms with Crippen molar-refractivity contribution in [2.45, 2.75) is 20.0 Å². The second-order valence-electron chi connectivity index (χ2n) is 5.81. The number of allylic oxidation sites excluding steroid dienone is 1. The summed E-state index contributed by atoms with van der Waals surface area (Å²) in [6, 6.07) is 0. The monoisotopic (exact) mass is 406 g/mol. The second kappa shape index (κ2) is 9.59. The summed E-state index contributed by atoms with van der Waals surface area (Å²) in [6.45, 7) is 7.57. The summed E-state index contributed by atoms with van der Waals surface area (Å²) in [7, 11) is 2.73. The van der Waals surface area contributed by atoms with E-state index >= 15 is 0 Å². The van der Waals surface area contributed by atoms with E-state index in [0.29, 0.717) is 5.76 Å². The lowest BCUT2D eigenvalue weighted by atomic mass is 10.0. The molecule has 0 saturated heterocycles. The number of esters is 1. The highest BCUT2D eigenvalue weighted by Crippen LogP contribution is 2.28. The molecule has 27 heavy (non-hydrogen) atoms. The van der Waals surface area contributed by atoms with Gasteiger partial charge in [-0.2, -0.15) is 0 Å². The Balaban J connectivity index is 2.08. The molecule has 144 valence electrons. The number of hydrogen-bond donors (Lipinski definition) is 1. The number of carbonyl (C=O) groups is 1. The summed E-state index contributed by atoms with van der Waals surface area (Å²) in [6.07, 6.45) is 3.73. The Kier molecular flexibility index (Phi) is 7.46. The van der Waals surface area contributed by atoms with Crippen LogP contribution in [-0.4, -0.2) is 41.4 Å². The molecule has 0 amide bonds. The van der Waals surface area contributed by atoms with E-state index in [-0.39, 0.29) is 0 Å². The van der Waals surface area contributed by atoms with Crippen molar-refractivity contribution < 1.29 is 19.4 Å². The molecular weight excluding hydrogens is 384 g/mol. The number of thiazole rings is 2. The molecule has 2 heterocycles. The summed E-state index contributed by atoms with van der Waals surface area (Å²) < 4.78 is 9.77. The molecule has 0 saturated carbocycles. The number of aliphatic hydroxyl groups excluding tert-OH is 1. The summed E-state index contributed by atoms with van der Waals surface area (Å²) in [5.74, 6) is -0.607. The average molecular weight is 407 g/mol. The largest absolute Gasteiger partial charge is 0.500 e. The quantitative estimate of drug-likeness (QED) is 0.405. The minimum atomic E-state index is -0.847. The van der Waals surface area contributed by atoms with E-state index in [1.54, 1.807) is 19.1 Å². The van der Waals surface area contributed by atoms with Crippen molar-refractivity contribution in [2.75, 3.05) is 14.2 Å². The fraction of sp³-hybridized carbons (Fsp3) is 0.316. The van der Waals surface area contributed by atoms with Crippen LogP contribution < -0.4 is 0 Å². The van der Waals surface area contributed by atoms with Gasteiger partial charge in [0.2, 0.25) is 0 Å². The minimum Gasteiger partial charge on any atom is -0.500 e. The Labute approximate surface area is 166 Å². The molecule has 0 unspecified atom stereocenters. The van der Waals surface area contributed by atoms with E-state index in [1.807, 2.05) is 17.7 Å². The maximum absolute atomic E-state index is 11.4. The van der Waals surface area contributed by atoms with Crippen molar-refractivity contribution in [3.8, 4) is 10.7 Å². The number of hydrogen-bond acceptors (Lipinski definition) is 8. The van der Waals surface area contributed by atoms with Gasteiger partial charge in [0.15, 0.2) is 0 Å². The van der Waals surface area contributed by atoms with E-state index < -0.39 is 18.0 Å². The number of nitrogens with zero attached hydrogens (tertiary/aromatic N) is 2. The van der Waals surface area contributed by atoms with Gasteiger partial charge in [0.1, 0.15) is 21.5 Å². The Bertz CT molecular complexity index is 867. The van der Waals surface area contributed by atoms with Crippen molar-refractivity contribution in [3.63, 3.8) is 0 Å². The molecule has 2 aromatic rings. The molecule has 2 aromatic heterocycles. The van der Waals surface area contributed by atoms with Gasteiger partial charge in [-0.1, -0.05) is 19.6 Å². The van der Waals surface area contributed by atoms with Gasteiger partial charge in [0, 0.05) is 16.7 Å². The SMILES string of the molecule is C=C(C)c1nc(-c2nc(/C=C/[C@H](O)[C@@H](C)/C(=C\C(=O)OC)OC)cs2)cs1. The number of rotatable bonds is 8. The van der Waals surface area contributed by atoms with Crippen LogP contribution in [-0.2, 0) is 14.3 Å². The summed E-state index contributed by atoms with van der Waals surface area (Å²) in [5, 5.41) is 15.9. The zero-order valence-electron chi connectivity index (χ0n) is 15.6. The van der Waals surface area contributed by atoms with Gasteiger partial charge < -0.3 is 14.6 Å². The van der Waals surface area contributed by atoms with E-state index in [1.165, 1.54) is 43.0 Å². The topological polar surface area (TPSA) is 81.5 Å². The standard InChI is InChI=1S/C19H22N2O4S2/c1-11(2)18-21-14(10-27-18)19-20-13(9-26-19)6-7-15(22)12(3)16(24-4)8-17(23)25-5/h6-10,12,15,22H,1H2,2-5H3/b7-6+,16-8+/t12-,15+/m1/s1. The van der Waals surface area contributed by atoms with Crippen molar-refractivity contribution in [2.24, 2.45) is 5.92 Å². The van der Waals surface area contributed by atoms with Crippen molar-refractivity contribution in [1.29, 1.82) is 0 Å². The van der Waals surface area contributed by atoms with E-state index in [9.17, 15) is 9.90 Å². The van der Waals surface area contributed by atoms with Gasteiger partial charge in [-0.3, -0.25) is 0 Å². The van der Waals surface area contributed by atoms with Crippen LogP contribution in [0.3, 0.4) is 0 Å². The number of aromatic nitrogens is 2. The number of methoxy groups -OCH3 is 2. The van der Waals surface area contributed by atoms with Crippen LogP contribution in [0.2, 0.25) is 0 Å². The first-order valence-corrected chi connectivity index (χ1v) is 9.88. The smallest absolute Gasteiger partial charge is 0.333 e. The lowest BCUT2D eigenvalue weighted by Crippen LogP contribution is -2.19. The molecule has 0 aliphatic heterocycles. The van der Waals surface area contributed by atoms with Crippen molar-refractivity contribution in [3.05, 3.63) is 46.0 Å². The number of aliphatic hydroxyl groups is 1. The lowest BCUT2D eigenvalue weighted by Gasteiger charge is -2.17. The molecule has 0 spiro atoms. The van der Waals surface area contributed by atoms with Crippen molar-refractivity contribution >= 4 is 40.3 Å². The van der Waals surface area contributed by atoms with Gasteiger partial charge in [0.25, 0.3) is 0 Å². The van der Waals surface area contributed by atoms with E-state index in [4.69, 9.17) is 4.74 Å². The van der Waals surface area contributed by atoms with Crippen LogP contribution in [0.1, 0.15) is 24.5 Å². The minimum absolute atomic E-state index is 0.341. The molecule has 6 nitrogen and oxygen atoms in total. The molecular formula is C19H22N2O4S2. The van der Waals surface area contributed by atoms with Crippen LogP contribution in [0.25, 0.3) is 22.4 Å². The molecule has 0 fully saturated rings. The van der Waals surface area contributed by atoms with Crippen LogP contribution in [0.5, 0.6) is 0 Å². The van der Waals surface area contributed by atoms with E-state index in [2.05, 4.69) is 21.3 Å². The van der Waals surface area contributed by atoms with Crippen molar-refractivity contribution in [1.82, 2.24) is 9.97 Å². The van der Waals surface area contributed by atoms with E-state index in [0.717, 1.165) is 27.0 Å². The van der Waals surface area contributed by atoms with Gasteiger partial charge in [-0.15, -0.1) is 22.7 Å². The first kappa shape index (κ1) is 21.0. The summed E-state index contributed by atoms with van der Waals surface area (Å²) in [5.41, 5.74) is 2.47. The Hall–Kier alpha value is -2.29. The number of carbonyl (C=O) groups excluding carboxylic acids is 1. The molecule has 0 radical (unpaired) electrons. The molecule has 2 rings (SSSR count). The normalized spacial score (nSPS) is 14.2. The molecule has 0 aliphatic carbocycles. The van der Waals surface area contributed by atoms with Gasteiger partial charge in [0.05, 0.1) is 32.1 Å². The third-order valence-electron chi connectivity index (χ3n) is 3.73. The first-order valence-electron chi connectivity index (χ1n) is 8.12. The summed E-state index contributed by atoms with van der Waals surface area (Å²) >= 11 is 3.02. The molecule has 0 bridgehead atoms. The third kappa shape index (κ3) is 5.59. The number of ether oxygens (including phenoxy) is 2. The van der Waals surface area contributed by atoms with Gasteiger partial charge in [-0.25, -0.2) is 14.8 Å². The molecule has 1 N–H and O–H groups in total. The Morgan fingerprint density at radius 3 is 2.59 bits per heavy atom. The third-order valence-corrected chi connectivity index (χ3v) is 5.62. The first-order chi connectivity index (χ1) is 12.8. The van der Waals surface area contributed by atoms with Gasteiger partial charge in [-0.05, 0) is 18.6 Å².